The zero-order chi connectivity index (χ0) is 16.3. The number of aromatic nitrogens is 1. The van der Waals surface area contributed by atoms with Crippen LogP contribution in [-0.4, -0.2) is 37.7 Å². The zero-order valence-corrected chi connectivity index (χ0v) is 12.5. The van der Waals surface area contributed by atoms with E-state index >= 15 is 0 Å². The molecule has 118 valence electrons. The van der Waals surface area contributed by atoms with Crippen LogP contribution >= 0.6 is 12.2 Å². The number of rotatable bonds is 6. The van der Waals surface area contributed by atoms with Crippen molar-refractivity contribution in [1.29, 1.82) is 0 Å². The van der Waals surface area contributed by atoms with Crippen LogP contribution in [0.25, 0.3) is 0 Å². The number of alkyl halides is 3. The van der Waals surface area contributed by atoms with Crippen molar-refractivity contribution in [3.8, 4) is 0 Å². The first-order valence-electron chi connectivity index (χ1n) is 5.60. The van der Waals surface area contributed by atoms with Crippen molar-refractivity contribution >= 4 is 33.0 Å². The lowest BCUT2D eigenvalue weighted by atomic mass is 10.2. The number of pyridine rings is 1. The van der Waals surface area contributed by atoms with Crippen LogP contribution < -0.4 is 15.8 Å². The van der Waals surface area contributed by atoms with Gasteiger partial charge in [0, 0.05) is 6.54 Å². The topological polar surface area (TPSA) is 97.1 Å². The van der Waals surface area contributed by atoms with E-state index in [-0.39, 0.29) is 28.7 Å². The zero-order valence-electron chi connectivity index (χ0n) is 10.9. The first-order valence-corrected chi connectivity index (χ1v) is 7.66. The van der Waals surface area contributed by atoms with Crippen LogP contribution in [0.3, 0.4) is 0 Å². The maximum atomic E-state index is 12.6. The lowest BCUT2D eigenvalue weighted by Gasteiger charge is -2.13. The number of nitrogens with zero attached hydrogens (tertiary/aromatic N) is 1. The predicted molar refractivity (Wildman–Crippen MR) is 76.5 cm³/mol. The average Bonchev–Trinajstić information content (AvgIpc) is 2.37. The minimum Gasteiger partial charge on any atom is -0.389 e. The van der Waals surface area contributed by atoms with Crippen molar-refractivity contribution in [3.05, 3.63) is 23.4 Å². The van der Waals surface area contributed by atoms with E-state index in [0.717, 1.165) is 12.1 Å². The second-order valence-electron chi connectivity index (χ2n) is 3.90. The molecule has 0 amide bonds. The predicted octanol–water partition coefficient (Wildman–Crippen LogP) is 0.696. The fourth-order valence-corrected chi connectivity index (χ4v) is 2.10. The highest BCUT2D eigenvalue weighted by atomic mass is 32.2. The van der Waals surface area contributed by atoms with Gasteiger partial charge in [-0.05, 0) is 19.2 Å². The van der Waals surface area contributed by atoms with E-state index in [9.17, 15) is 21.6 Å². The van der Waals surface area contributed by atoms with Crippen LogP contribution in [0.2, 0.25) is 0 Å². The third-order valence-corrected chi connectivity index (χ3v) is 4.01. The number of hydrogen-bond donors (Lipinski definition) is 3. The number of hydrogen-bond acceptors (Lipinski definition) is 5. The second-order valence-corrected chi connectivity index (χ2v) is 6.39. The first-order chi connectivity index (χ1) is 9.57. The van der Waals surface area contributed by atoms with Gasteiger partial charge in [-0.25, -0.2) is 18.1 Å². The Balaban J connectivity index is 3.00. The summed E-state index contributed by atoms with van der Waals surface area (Å²) in [6.07, 6.45) is -4.62. The Morgan fingerprint density at radius 1 is 1.43 bits per heavy atom. The molecule has 0 fully saturated rings. The summed E-state index contributed by atoms with van der Waals surface area (Å²) in [7, 11) is -2.25. The number of nitrogens with one attached hydrogen (secondary N) is 2. The lowest BCUT2D eigenvalue weighted by molar-refractivity contribution is -0.141. The Labute approximate surface area is 125 Å². The van der Waals surface area contributed by atoms with E-state index in [1.807, 2.05) is 0 Å². The summed E-state index contributed by atoms with van der Waals surface area (Å²) in [5, 5.41) is 2.50. The van der Waals surface area contributed by atoms with Crippen LogP contribution in [0.1, 0.15) is 11.3 Å². The normalized spacial score (nSPS) is 12.2. The van der Waals surface area contributed by atoms with Gasteiger partial charge in [0.1, 0.15) is 16.5 Å². The molecule has 6 nitrogen and oxygen atoms in total. The van der Waals surface area contributed by atoms with Gasteiger partial charge in [0.25, 0.3) is 0 Å². The van der Waals surface area contributed by atoms with E-state index in [0.29, 0.717) is 0 Å². The Bertz CT molecular complexity index is 632. The molecule has 0 spiro atoms. The molecule has 0 atom stereocenters. The molecule has 4 N–H and O–H groups in total. The first kappa shape index (κ1) is 17.6. The summed E-state index contributed by atoms with van der Waals surface area (Å²) in [6.45, 7) is -0.146. The summed E-state index contributed by atoms with van der Waals surface area (Å²) >= 11 is 4.72. The van der Waals surface area contributed by atoms with Crippen LogP contribution in [0.15, 0.2) is 12.1 Å². The average molecular weight is 342 g/mol. The van der Waals surface area contributed by atoms with Gasteiger partial charge in [-0.1, -0.05) is 12.2 Å². The van der Waals surface area contributed by atoms with Gasteiger partial charge in [0.2, 0.25) is 10.0 Å². The minimum absolute atomic E-state index is 0.111. The van der Waals surface area contributed by atoms with Gasteiger partial charge in [0.05, 0.1) is 11.3 Å². The summed E-state index contributed by atoms with van der Waals surface area (Å²) in [4.78, 5) is 3.25. The van der Waals surface area contributed by atoms with E-state index < -0.39 is 21.9 Å². The van der Waals surface area contributed by atoms with Crippen molar-refractivity contribution in [2.24, 2.45) is 5.73 Å². The quantitative estimate of drug-likeness (QED) is 0.659. The van der Waals surface area contributed by atoms with Crippen molar-refractivity contribution < 1.29 is 21.6 Å². The van der Waals surface area contributed by atoms with Gasteiger partial charge in [-0.3, -0.25) is 0 Å². The molecular weight excluding hydrogens is 329 g/mol. The van der Waals surface area contributed by atoms with Crippen LogP contribution in [0.5, 0.6) is 0 Å². The standard InChI is InChI=1S/C10H13F3N4O2S2/c1-15-21(18,19)5-4-16-9-6(8(14)20)2-3-7(17-9)10(11,12)13/h2-3,15H,4-5H2,1H3,(H2,14,20)(H,16,17). The molecule has 0 saturated heterocycles. The van der Waals surface area contributed by atoms with E-state index in [1.54, 1.807) is 0 Å². The number of anilines is 1. The Morgan fingerprint density at radius 3 is 2.52 bits per heavy atom. The molecule has 0 aliphatic rings. The third-order valence-electron chi connectivity index (χ3n) is 2.43. The van der Waals surface area contributed by atoms with Crippen LogP contribution in [-0.2, 0) is 16.2 Å². The molecule has 0 unspecified atom stereocenters. The number of sulfonamides is 1. The molecule has 0 saturated carbocycles. The summed E-state index contributed by atoms with van der Waals surface area (Å²) in [5.41, 5.74) is 4.38. The van der Waals surface area contributed by atoms with Crippen molar-refractivity contribution in [2.75, 3.05) is 24.7 Å². The SMILES string of the molecule is CNS(=O)(=O)CCNc1nc(C(F)(F)F)ccc1C(N)=S. The van der Waals surface area contributed by atoms with Gasteiger partial charge in [0.15, 0.2) is 0 Å². The lowest BCUT2D eigenvalue weighted by Crippen LogP contribution is -2.27. The molecule has 0 aliphatic carbocycles. The summed E-state index contributed by atoms with van der Waals surface area (Å²) in [5.74, 6) is -0.540. The van der Waals surface area contributed by atoms with Crippen molar-refractivity contribution in [2.45, 2.75) is 6.18 Å². The van der Waals surface area contributed by atoms with Crippen molar-refractivity contribution in [1.82, 2.24) is 9.71 Å². The number of halogens is 3. The number of nitrogens with two attached hydrogens (primary N) is 1. The fourth-order valence-electron chi connectivity index (χ4n) is 1.36. The van der Waals surface area contributed by atoms with E-state index in [1.165, 1.54) is 7.05 Å². The van der Waals surface area contributed by atoms with E-state index in [4.69, 9.17) is 18.0 Å². The molecule has 0 aliphatic heterocycles. The molecule has 1 aromatic heterocycles. The monoisotopic (exact) mass is 342 g/mol. The van der Waals surface area contributed by atoms with Crippen LogP contribution in [0.4, 0.5) is 19.0 Å². The molecule has 0 aromatic carbocycles. The Hall–Kier alpha value is -1.46. The highest BCUT2D eigenvalue weighted by molar-refractivity contribution is 7.89. The smallest absolute Gasteiger partial charge is 0.389 e. The molecule has 1 heterocycles. The molecule has 21 heavy (non-hydrogen) atoms. The molecule has 1 rings (SSSR count). The minimum atomic E-state index is -4.62. The molecule has 1 aromatic rings. The maximum absolute atomic E-state index is 12.6. The van der Waals surface area contributed by atoms with Gasteiger partial charge in [-0.15, -0.1) is 0 Å². The summed E-state index contributed by atoms with van der Waals surface area (Å²) < 4.78 is 62.4. The fraction of sp³-hybridized carbons (Fsp3) is 0.400. The van der Waals surface area contributed by atoms with Crippen LogP contribution in [0, 0.1) is 0 Å². The Morgan fingerprint density at radius 2 is 2.05 bits per heavy atom. The molecular formula is C10H13F3N4O2S2. The third kappa shape index (κ3) is 5.10. The largest absolute Gasteiger partial charge is 0.433 e. The van der Waals surface area contributed by atoms with Gasteiger partial charge in [-0.2, -0.15) is 13.2 Å². The highest BCUT2D eigenvalue weighted by Crippen LogP contribution is 2.29. The molecule has 0 bridgehead atoms. The Kier molecular flexibility index (Phi) is 5.48. The van der Waals surface area contributed by atoms with Crippen molar-refractivity contribution in [3.63, 3.8) is 0 Å². The number of thiocarbonyl (C=S) groups is 1. The second kappa shape index (κ2) is 6.54. The highest BCUT2D eigenvalue weighted by Gasteiger charge is 2.33. The van der Waals surface area contributed by atoms with Gasteiger partial charge >= 0.3 is 6.18 Å². The summed E-state index contributed by atoms with van der Waals surface area (Å²) in [6, 6.07) is 1.84. The maximum Gasteiger partial charge on any atom is 0.433 e. The van der Waals surface area contributed by atoms with E-state index in [2.05, 4.69) is 15.0 Å². The molecule has 0 radical (unpaired) electrons. The molecule has 11 heteroatoms. The van der Waals surface area contributed by atoms with Gasteiger partial charge < -0.3 is 11.1 Å².